The summed E-state index contributed by atoms with van der Waals surface area (Å²) in [5.74, 6) is -10.0. The molecular weight excluding hydrogens is 226 g/mol. The average Bonchev–Trinajstić information content (AvgIpc) is 1.97. The Morgan fingerprint density at radius 1 is 0.667 bits per heavy atom. The Bertz CT molecular complexity index is 272. The molecule has 1 aromatic rings. The fraction of sp³-hybridized carbons (Fsp3) is 0. The normalized spacial score (nSPS) is 9.42. The Hall–Kier alpha value is -0.636. The zero-order chi connectivity index (χ0) is 8.59. The van der Waals surface area contributed by atoms with Gasteiger partial charge in [0.1, 0.15) is 0 Å². The fourth-order valence-electron chi connectivity index (χ4n) is 0.495. The van der Waals surface area contributed by atoms with Gasteiger partial charge in [-0.2, -0.15) is 0 Å². The molecule has 0 saturated carbocycles. The van der Waals surface area contributed by atoms with Gasteiger partial charge in [-0.15, -0.1) is 0 Å². The molecule has 0 aliphatic heterocycles. The quantitative estimate of drug-likeness (QED) is 0.275. The van der Waals surface area contributed by atoms with Crippen molar-refractivity contribution in [2.45, 2.75) is 0 Å². The largest absolute Gasteiger partial charge is 0.203 e. The minimum absolute atomic E-state index is 0. The van der Waals surface area contributed by atoms with Gasteiger partial charge in [0.25, 0.3) is 0 Å². The summed E-state index contributed by atoms with van der Waals surface area (Å²) in [5, 5.41) is 0. The van der Waals surface area contributed by atoms with E-state index in [1.807, 2.05) is 0 Å². The topological polar surface area (TPSA) is 0 Å². The van der Waals surface area contributed by atoms with Gasteiger partial charge < -0.3 is 0 Å². The van der Waals surface area contributed by atoms with Crippen molar-refractivity contribution >= 4 is 0 Å². The van der Waals surface area contributed by atoms with Gasteiger partial charge in [-0.1, -0.05) is 0 Å². The summed E-state index contributed by atoms with van der Waals surface area (Å²) < 4.78 is 59.9. The van der Waals surface area contributed by atoms with Crippen LogP contribution in [0.4, 0.5) is 22.0 Å². The number of rotatable bonds is 0. The first-order valence-corrected chi connectivity index (χ1v) is 2.44. The van der Waals surface area contributed by atoms with Gasteiger partial charge in [-0.05, 0) is 0 Å². The molecule has 0 aliphatic rings. The van der Waals surface area contributed by atoms with Crippen LogP contribution in [0.5, 0.6) is 0 Å². The van der Waals surface area contributed by atoms with E-state index in [0.717, 1.165) is 6.07 Å². The van der Waals surface area contributed by atoms with Crippen molar-refractivity contribution in [1.29, 1.82) is 0 Å². The van der Waals surface area contributed by atoms with Crippen LogP contribution in [-0.2, 0) is 16.5 Å². The van der Waals surface area contributed by atoms with E-state index in [4.69, 9.17) is 0 Å². The van der Waals surface area contributed by atoms with Gasteiger partial charge >= 0.3 is 0 Å². The molecule has 0 bridgehead atoms. The summed E-state index contributed by atoms with van der Waals surface area (Å²) in [6.45, 7) is 0. The maximum absolute atomic E-state index is 12.0. The van der Waals surface area contributed by atoms with Crippen LogP contribution >= 0.6 is 0 Å². The smallest absolute Gasteiger partial charge is 0.200 e. The third-order valence-corrected chi connectivity index (χ3v) is 0.990. The zero-order valence-corrected chi connectivity index (χ0v) is 6.19. The van der Waals surface area contributed by atoms with Crippen LogP contribution in [0.25, 0.3) is 0 Å². The molecule has 0 aromatic heterocycles. The van der Waals surface area contributed by atoms with Crippen molar-refractivity contribution in [1.82, 2.24) is 0 Å². The molecule has 0 spiro atoms. The van der Waals surface area contributed by atoms with E-state index >= 15 is 0 Å². The van der Waals surface area contributed by atoms with Crippen LogP contribution in [0.1, 0.15) is 0 Å². The SMILES string of the molecule is Fc1[c]c(F)c(F)c(F)c1F.[Ni]. The van der Waals surface area contributed by atoms with Crippen molar-refractivity contribution in [2.24, 2.45) is 0 Å². The molecule has 1 radical (unpaired) electrons. The molecule has 6 heteroatoms. The molecule has 1 aromatic carbocycles. The molecule has 0 saturated heterocycles. The van der Waals surface area contributed by atoms with Gasteiger partial charge in [0.05, 0.1) is 6.07 Å². The molecule has 12 heavy (non-hydrogen) atoms. The molecule has 0 nitrogen and oxygen atoms in total. The third-order valence-electron chi connectivity index (χ3n) is 0.990. The molecule has 0 N–H and O–H groups in total. The molecule has 0 atom stereocenters. The molecule has 0 fully saturated rings. The summed E-state index contributed by atoms with van der Waals surface area (Å²) in [6.07, 6.45) is 0. The van der Waals surface area contributed by atoms with Gasteiger partial charge in [0.2, 0.25) is 5.82 Å². The molecule has 69 valence electrons. The Kier molecular flexibility index (Phi) is 3.65. The first-order chi connectivity index (χ1) is 5.04. The van der Waals surface area contributed by atoms with E-state index in [1.54, 1.807) is 0 Å². The predicted octanol–water partition coefficient (Wildman–Crippen LogP) is 2.18. The molecular formula is C6F5Ni. The second kappa shape index (κ2) is 3.85. The van der Waals surface area contributed by atoms with E-state index in [0.29, 0.717) is 0 Å². The molecule has 0 aliphatic carbocycles. The Balaban J connectivity index is 0.00000121. The van der Waals surface area contributed by atoms with Gasteiger partial charge in [0.15, 0.2) is 23.3 Å². The summed E-state index contributed by atoms with van der Waals surface area (Å²) in [5.41, 5.74) is 0. The molecule has 0 amide bonds. The van der Waals surface area contributed by atoms with E-state index < -0.39 is 29.1 Å². The monoisotopic (exact) mass is 225 g/mol. The standard InChI is InChI=1S/C6F5.Ni/c7-2-1-3(8)5(10)6(11)4(2)9;. The Labute approximate surface area is 74.3 Å². The van der Waals surface area contributed by atoms with E-state index in [9.17, 15) is 22.0 Å². The van der Waals surface area contributed by atoms with Crippen molar-refractivity contribution in [3.05, 3.63) is 35.2 Å². The number of hydrogen-bond donors (Lipinski definition) is 0. The van der Waals surface area contributed by atoms with Gasteiger partial charge in [0, 0.05) is 16.5 Å². The van der Waals surface area contributed by atoms with Gasteiger partial charge in [-0.25, -0.2) is 22.0 Å². The van der Waals surface area contributed by atoms with Crippen LogP contribution in [-0.4, -0.2) is 0 Å². The summed E-state index contributed by atoms with van der Waals surface area (Å²) in [4.78, 5) is 0. The van der Waals surface area contributed by atoms with Crippen molar-refractivity contribution in [3.63, 3.8) is 0 Å². The maximum atomic E-state index is 12.0. The first-order valence-electron chi connectivity index (χ1n) is 2.44. The third kappa shape index (κ3) is 1.75. The first kappa shape index (κ1) is 11.4. The Morgan fingerprint density at radius 2 is 1.00 bits per heavy atom. The zero-order valence-electron chi connectivity index (χ0n) is 5.21. The summed E-state index contributed by atoms with van der Waals surface area (Å²) in [7, 11) is 0. The minimum atomic E-state index is -2.17. The van der Waals surface area contributed by atoms with Crippen molar-refractivity contribution < 1.29 is 38.4 Å². The van der Waals surface area contributed by atoms with E-state index in [2.05, 4.69) is 0 Å². The number of halogens is 5. The predicted molar refractivity (Wildman–Crippen MR) is 25.1 cm³/mol. The molecule has 0 heterocycles. The van der Waals surface area contributed by atoms with Crippen LogP contribution < -0.4 is 0 Å². The summed E-state index contributed by atoms with van der Waals surface area (Å²) in [6, 6.07) is 1.02. The Morgan fingerprint density at radius 3 is 1.33 bits per heavy atom. The minimum Gasteiger partial charge on any atom is -0.203 e. The second-order valence-corrected chi connectivity index (χ2v) is 1.69. The van der Waals surface area contributed by atoms with Crippen molar-refractivity contribution in [2.75, 3.05) is 0 Å². The fourth-order valence-corrected chi connectivity index (χ4v) is 0.495. The van der Waals surface area contributed by atoms with E-state index in [1.165, 1.54) is 0 Å². The van der Waals surface area contributed by atoms with E-state index in [-0.39, 0.29) is 16.5 Å². The van der Waals surface area contributed by atoms with Crippen LogP contribution in [0.3, 0.4) is 0 Å². The van der Waals surface area contributed by atoms with Gasteiger partial charge in [-0.3, -0.25) is 0 Å². The molecule has 0 unspecified atom stereocenters. The van der Waals surface area contributed by atoms with Crippen LogP contribution in [0.2, 0.25) is 0 Å². The summed E-state index contributed by atoms with van der Waals surface area (Å²) >= 11 is 0. The average molecular weight is 226 g/mol. The van der Waals surface area contributed by atoms with Crippen molar-refractivity contribution in [3.8, 4) is 0 Å². The van der Waals surface area contributed by atoms with Crippen LogP contribution in [0, 0.1) is 35.2 Å². The van der Waals surface area contributed by atoms with Crippen LogP contribution in [0.15, 0.2) is 0 Å². The maximum Gasteiger partial charge on any atom is 0.200 e. The number of hydrogen-bond acceptors (Lipinski definition) is 0. The molecule has 1 rings (SSSR count). The number of benzene rings is 1. The second-order valence-electron chi connectivity index (χ2n) is 1.69.